The average Bonchev–Trinajstić information content (AvgIpc) is 2.97. The zero-order valence-electron chi connectivity index (χ0n) is 11.6. The van der Waals surface area contributed by atoms with Crippen LogP contribution in [0, 0.1) is 11.3 Å². The molecule has 1 aromatic heterocycles. The Kier molecular flexibility index (Phi) is 4.52. The lowest BCUT2D eigenvalue weighted by Crippen LogP contribution is -2.14. The van der Waals surface area contributed by atoms with E-state index in [2.05, 4.69) is 10.3 Å². The van der Waals surface area contributed by atoms with E-state index in [1.54, 1.807) is 23.6 Å². The molecule has 21 heavy (non-hydrogen) atoms. The number of carbonyl (C=O) groups excluding carboxylic acids is 1. The normalized spacial score (nSPS) is 11.5. The van der Waals surface area contributed by atoms with Gasteiger partial charge < -0.3 is 15.8 Å². The second-order valence-electron chi connectivity index (χ2n) is 4.34. The van der Waals surface area contributed by atoms with Gasteiger partial charge in [0.1, 0.15) is 16.5 Å². The van der Waals surface area contributed by atoms with Crippen LogP contribution in [0.4, 0.5) is 5.69 Å². The number of anilines is 1. The third-order valence-corrected chi connectivity index (χ3v) is 3.77. The quantitative estimate of drug-likeness (QED) is 0.902. The van der Waals surface area contributed by atoms with Crippen LogP contribution in [0.5, 0.6) is 5.75 Å². The summed E-state index contributed by atoms with van der Waals surface area (Å²) < 4.78 is 5.16. The standard InChI is InChI=1S/C14H14N4O2S/c1-8(16)14-18-11(7-21-14)13(19)17-10-4-3-9(6-15)5-12(10)20-2/h3-5,7-8H,16H2,1-2H3,(H,17,19). The van der Waals surface area contributed by atoms with Crippen molar-refractivity contribution in [2.45, 2.75) is 13.0 Å². The molecule has 1 atom stereocenters. The molecule has 6 nitrogen and oxygen atoms in total. The number of thiazole rings is 1. The number of nitrogens with zero attached hydrogens (tertiary/aromatic N) is 2. The van der Waals surface area contributed by atoms with Crippen LogP contribution >= 0.6 is 11.3 Å². The first-order valence-electron chi connectivity index (χ1n) is 6.15. The molecule has 0 radical (unpaired) electrons. The summed E-state index contributed by atoms with van der Waals surface area (Å²) in [4.78, 5) is 16.3. The van der Waals surface area contributed by atoms with Crippen LogP contribution in [-0.2, 0) is 0 Å². The molecule has 108 valence electrons. The lowest BCUT2D eigenvalue weighted by Gasteiger charge is -2.09. The first kappa shape index (κ1) is 15.0. The number of hydrogen-bond donors (Lipinski definition) is 2. The maximum absolute atomic E-state index is 12.1. The number of aromatic nitrogens is 1. The van der Waals surface area contributed by atoms with E-state index in [9.17, 15) is 4.79 Å². The molecule has 1 amide bonds. The van der Waals surface area contributed by atoms with Gasteiger partial charge in [0, 0.05) is 11.4 Å². The molecule has 1 aromatic carbocycles. The summed E-state index contributed by atoms with van der Waals surface area (Å²) in [5, 5.41) is 13.9. The highest BCUT2D eigenvalue weighted by Gasteiger charge is 2.15. The molecule has 0 saturated heterocycles. The Balaban J connectivity index is 2.21. The van der Waals surface area contributed by atoms with E-state index < -0.39 is 0 Å². The van der Waals surface area contributed by atoms with Crippen LogP contribution in [0.1, 0.15) is 34.0 Å². The summed E-state index contributed by atoms with van der Waals surface area (Å²) in [5.41, 5.74) is 6.97. The van der Waals surface area contributed by atoms with E-state index in [4.69, 9.17) is 15.7 Å². The minimum absolute atomic E-state index is 0.207. The molecule has 0 fully saturated rings. The minimum atomic E-state index is -0.346. The zero-order chi connectivity index (χ0) is 15.4. The number of benzene rings is 1. The SMILES string of the molecule is COc1cc(C#N)ccc1NC(=O)c1csc(C(C)N)n1. The maximum atomic E-state index is 12.1. The average molecular weight is 302 g/mol. The van der Waals surface area contributed by atoms with Gasteiger partial charge in [0.05, 0.1) is 30.5 Å². The van der Waals surface area contributed by atoms with E-state index in [0.717, 1.165) is 0 Å². The fraction of sp³-hybridized carbons (Fsp3) is 0.214. The van der Waals surface area contributed by atoms with Crippen LogP contribution in [0.3, 0.4) is 0 Å². The van der Waals surface area contributed by atoms with Crippen LogP contribution in [0.15, 0.2) is 23.6 Å². The van der Waals surface area contributed by atoms with Crippen molar-refractivity contribution in [3.8, 4) is 11.8 Å². The minimum Gasteiger partial charge on any atom is -0.495 e. The summed E-state index contributed by atoms with van der Waals surface area (Å²) in [6.45, 7) is 1.81. The summed E-state index contributed by atoms with van der Waals surface area (Å²) >= 11 is 1.34. The van der Waals surface area contributed by atoms with Gasteiger partial charge in [0.2, 0.25) is 0 Å². The van der Waals surface area contributed by atoms with E-state index in [1.807, 2.05) is 13.0 Å². The molecule has 0 aliphatic rings. The van der Waals surface area contributed by atoms with Gasteiger partial charge in [-0.3, -0.25) is 4.79 Å². The van der Waals surface area contributed by atoms with E-state index in [0.29, 0.717) is 27.7 Å². The van der Waals surface area contributed by atoms with Gasteiger partial charge in [-0.25, -0.2) is 4.98 Å². The Morgan fingerprint density at radius 3 is 2.90 bits per heavy atom. The molecule has 3 N–H and O–H groups in total. The van der Waals surface area contributed by atoms with Crippen molar-refractivity contribution < 1.29 is 9.53 Å². The Bertz CT molecular complexity index is 703. The molecule has 0 saturated carbocycles. The second kappa shape index (κ2) is 6.35. The highest BCUT2D eigenvalue weighted by Crippen LogP contribution is 2.26. The number of rotatable bonds is 4. The zero-order valence-corrected chi connectivity index (χ0v) is 12.4. The first-order chi connectivity index (χ1) is 10.0. The second-order valence-corrected chi connectivity index (χ2v) is 5.23. The molecule has 0 aliphatic heterocycles. The highest BCUT2D eigenvalue weighted by atomic mass is 32.1. The molecule has 0 spiro atoms. The smallest absolute Gasteiger partial charge is 0.275 e. The van der Waals surface area contributed by atoms with E-state index in [-0.39, 0.29) is 11.9 Å². The summed E-state index contributed by atoms with van der Waals surface area (Å²) in [5.74, 6) is 0.0752. The van der Waals surface area contributed by atoms with E-state index in [1.165, 1.54) is 18.4 Å². The first-order valence-corrected chi connectivity index (χ1v) is 7.03. The predicted octanol–water partition coefficient (Wildman–Crippen LogP) is 2.30. The van der Waals surface area contributed by atoms with Crippen molar-refractivity contribution in [1.82, 2.24) is 4.98 Å². The highest BCUT2D eigenvalue weighted by molar-refractivity contribution is 7.09. The van der Waals surface area contributed by atoms with Crippen molar-refractivity contribution in [1.29, 1.82) is 5.26 Å². The molecule has 2 aromatic rings. The number of ether oxygens (including phenoxy) is 1. The molecule has 0 aliphatic carbocycles. The Morgan fingerprint density at radius 1 is 1.57 bits per heavy atom. The summed E-state index contributed by atoms with van der Waals surface area (Å²) in [6.07, 6.45) is 0. The molecule has 7 heteroatoms. The Labute approximate surface area is 126 Å². The molecule has 0 bridgehead atoms. The Morgan fingerprint density at radius 2 is 2.33 bits per heavy atom. The number of nitriles is 1. The number of hydrogen-bond acceptors (Lipinski definition) is 6. The predicted molar refractivity (Wildman–Crippen MR) is 80.4 cm³/mol. The van der Waals surface area contributed by atoms with Crippen molar-refractivity contribution in [2.24, 2.45) is 5.73 Å². The van der Waals surface area contributed by atoms with Crippen molar-refractivity contribution >= 4 is 22.9 Å². The number of amides is 1. The number of nitrogens with two attached hydrogens (primary N) is 1. The van der Waals surface area contributed by atoms with Crippen LogP contribution in [-0.4, -0.2) is 18.0 Å². The van der Waals surface area contributed by atoms with Gasteiger partial charge in [-0.15, -0.1) is 11.3 Å². The van der Waals surface area contributed by atoms with Crippen LogP contribution < -0.4 is 15.8 Å². The number of carbonyl (C=O) groups is 1. The molecule has 1 unspecified atom stereocenters. The fourth-order valence-electron chi connectivity index (χ4n) is 1.65. The third kappa shape index (κ3) is 3.37. The van der Waals surface area contributed by atoms with Crippen LogP contribution in [0.25, 0.3) is 0 Å². The molecule has 2 rings (SSSR count). The topological polar surface area (TPSA) is 101 Å². The Hall–Kier alpha value is -2.43. The van der Waals surface area contributed by atoms with E-state index >= 15 is 0 Å². The number of methoxy groups -OCH3 is 1. The van der Waals surface area contributed by atoms with Crippen molar-refractivity contribution in [2.75, 3.05) is 12.4 Å². The summed E-state index contributed by atoms with van der Waals surface area (Å²) in [7, 11) is 1.48. The lowest BCUT2D eigenvalue weighted by molar-refractivity contribution is 0.102. The molecule has 1 heterocycles. The molecular formula is C14H14N4O2S. The van der Waals surface area contributed by atoms with Gasteiger partial charge >= 0.3 is 0 Å². The monoisotopic (exact) mass is 302 g/mol. The number of nitrogens with one attached hydrogen (secondary N) is 1. The third-order valence-electron chi connectivity index (χ3n) is 2.72. The van der Waals surface area contributed by atoms with Crippen molar-refractivity contribution in [3.63, 3.8) is 0 Å². The molecular weight excluding hydrogens is 288 g/mol. The van der Waals surface area contributed by atoms with Gasteiger partial charge in [-0.05, 0) is 19.1 Å². The maximum Gasteiger partial charge on any atom is 0.275 e. The van der Waals surface area contributed by atoms with Gasteiger partial charge in [0.25, 0.3) is 5.91 Å². The van der Waals surface area contributed by atoms with Crippen molar-refractivity contribution in [3.05, 3.63) is 39.8 Å². The summed E-state index contributed by atoms with van der Waals surface area (Å²) in [6, 6.07) is 6.59. The largest absolute Gasteiger partial charge is 0.495 e. The van der Waals surface area contributed by atoms with Gasteiger partial charge in [-0.2, -0.15) is 5.26 Å². The van der Waals surface area contributed by atoms with Gasteiger partial charge in [-0.1, -0.05) is 0 Å². The lowest BCUT2D eigenvalue weighted by atomic mass is 10.2. The van der Waals surface area contributed by atoms with Gasteiger partial charge in [0.15, 0.2) is 0 Å². The van der Waals surface area contributed by atoms with Crippen LogP contribution in [0.2, 0.25) is 0 Å². The fourth-order valence-corrected chi connectivity index (χ4v) is 2.41.